The van der Waals surface area contributed by atoms with Crippen molar-refractivity contribution in [1.82, 2.24) is 9.97 Å². The fourth-order valence-corrected chi connectivity index (χ4v) is 2.80. The maximum Gasteiger partial charge on any atom is 0.433 e. The molecule has 9 heteroatoms. The van der Waals surface area contributed by atoms with E-state index in [1.54, 1.807) is 12.1 Å². The number of hydrogen-bond donors (Lipinski definition) is 1. The second-order valence-electron chi connectivity index (χ2n) is 6.91. The second kappa shape index (κ2) is 8.53. The van der Waals surface area contributed by atoms with Gasteiger partial charge in [-0.3, -0.25) is 4.79 Å². The number of aryl methyl sites for hydroxylation is 1. The Balaban J connectivity index is 2.06. The monoisotopic (exact) mass is 399 g/mol. The molecule has 2 unspecified atom stereocenters. The van der Waals surface area contributed by atoms with Crippen LogP contribution < -0.4 is 10.5 Å². The molecule has 0 saturated carbocycles. The van der Waals surface area contributed by atoms with E-state index < -0.39 is 23.4 Å². The van der Waals surface area contributed by atoms with Gasteiger partial charge in [0.1, 0.15) is 12.1 Å². The first-order valence-corrected chi connectivity index (χ1v) is 8.62. The van der Waals surface area contributed by atoms with Crippen molar-refractivity contribution in [3.8, 4) is 5.88 Å². The molecule has 1 aromatic carbocycles. The number of amides is 1. The van der Waals surface area contributed by atoms with E-state index in [1.807, 2.05) is 6.92 Å². The van der Waals surface area contributed by atoms with Crippen LogP contribution in [0.2, 0.25) is 0 Å². The van der Waals surface area contributed by atoms with Crippen molar-refractivity contribution >= 4 is 5.91 Å². The van der Waals surface area contributed by atoms with E-state index in [2.05, 4.69) is 9.97 Å². The van der Waals surface area contributed by atoms with Crippen LogP contribution in [0, 0.1) is 11.7 Å². The van der Waals surface area contributed by atoms with Crippen LogP contribution in [-0.4, -0.2) is 21.5 Å². The van der Waals surface area contributed by atoms with Crippen LogP contribution in [0.3, 0.4) is 0 Å². The molecule has 152 valence electrons. The largest absolute Gasteiger partial charge is 0.461 e. The fraction of sp³-hybridized carbons (Fsp3) is 0.421. The van der Waals surface area contributed by atoms with Crippen LogP contribution in [0.5, 0.6) is 5.88 Å². The molecule has 2 atom stereocenters. The zero-order chi connectivity index (χ0) is 20.9. The van der Waals surface area contributed by atoms with E-state index in [-0.39, 0.29) is 24.0 Å². The van der Waals surface area contributed by atoms with Crippen molar-refractivity contribution in [2.45, 2.75) is 44.9 Å². The van der Waals surface area contributed by atoms with Crippen molar-refractivity contribution in [3.05, 3.63) is 53.7 Å². The van der Waals surface area contributed by atoms with Crippen LogP contribution in [0.1, 0.15) is 37.9 Å². The fourth-order valence-electron chi connectivity index (χ4n) is 2.80. The molecule has 2 aromatic rings. The predicted octanol–water partition coefficient (Wildman–Crippen LogP) is 3.92. The number of benzene rings is 1. The molecule has 0 saturated heterocycles. The normalized spacial score (nSPS) is 14.9. The van der Waals surface area contributed by atoms with Gasteiger partial charge < -0.3 is 10.5 Å². The molecule has 5 nitrogen and oxygen atoms in total. The lowest BCUT2D eigenvalue weighted by atomic mass is 9.88. The number of nitrogens with zero attached hydrogens (tertiary/aromatic N) is 2. The molecule has 28 heavy (non-hydrogen) atoms. The lowest BCUT2D eigenvalue weighted by molar-refractivity contribution is -0.141. The van der Waals surface area contributed by atoms with Crippen molar-refractivity contribution in [2.75, 3.05) is 0 Å². The van der Waals surface area contributed by atoms with Gasteiger partial charge in [-0.25, -0.2) is 14.4 Å². The lowest BCUT2D eigenvalue weighted by Crippen LogP contribution is -2.47. The number of alkyl halides is 3. The highest BCUT2D eigenvalue weighted by atomic mass is 19.4. The SMILES string of the molecule is CC(CCc1ccc(F)cc1)CC(C)(Oc1cc(C(F)(F)F)ncn1)C(N)=O. The number of nitrogens with two attached hydrogens (primary N) is 1. The molecule has 2 N–H and O–H groups in total. The van der Waals surface area contributed by atoms with Crippen molar-refractivity contribution in [1.29, 1.82) is 0 Å². The molecular formula is C19H21F4N3O2. The average molecular weight is 399 g/mol. The molecular weight excluding hydrogens is 378 g/mol. The van der Waals surface area contributed by atoms with Gasteiger partial charge in [0.2, 0.25) is 5.88 Å². The summed E-state index contributed by atoms with van der Waals surface area (Å²) in [6, 6.07) is 6.70. The van der Waals surface area contributed by atoms with E-state index in [9.17, 15) is 22.4 Å². The summed E-state index contributed by atoms with van der Waals surface area (Å²) in [5, 5.41) is 0. The van der Waals surface area contributed by atoms with Crippen LogP contribution in [0.25, 0.3) is 0 Å². The van der Waals surface area contributed by atoms with Gasteiger partial charge in [0.15, 0.2) is 11.3 Å². The average Bonchev–Trinajstić information content (AvgIpc) is 2.60. The summed E-state index contributed by atoms with van der Waals surface area (Å²) in [5.41, 5.74) is 3.66. The van der Waals surface area contributed by atoms with Crippen molar-refractivity contribution in [2.24, 2.45) is 11.7 Å². The Morgan fingerprint density at radius 1 is 1.21 bits per heavy atom. The van der Waals surface area contributed by atoms with Crippen LogP contribution >= 0.6 is 0 Å². The smallest absolute Gasteiger partial charge is 0.433 e. The molecule has 0 bridgehead atoms. The summed E-state index contributed by atoms with van der Waals surface area (Å²) >= 11 is 0. The highest BCUT2D eigenvalue weighted by molar-refractivity contribution is 5.83. The first kappa shape index (κ1) is 21.6. The number of carbonyl (C=O) groups excluding carboxylic acids is 1. The summed E-state index contributed by atoms with van der Waals surface area (Å²) in [7, 11) is 0. The molecule has 2 rings (SSSR count). The zero-order valence-electron chi connectivity index (χ0n) is 15.5. The number of halogens is 4. The Kier molecular flexibility index (Phi) is 6.58. The summed E-state index contributed by atoms with van der Waals surface area (Å²) in [6.07, 6.45) is -2.48. The predicted molar refractivity (Wildman–Crippen MR) is 93.8 cm³/mol. The van der Waals surface area contributed by atoms with Gasteiger partial charge in [0.05, 0.1) is 0 Å². The van der Waals surface area contributed by atoms with E-state index in [0.717, 1.165) is 11.9 Å². The standard InChI is InChI=1S/C19H21F4N3O2/c1-12(3-4-13-5-7-14(20)8-6-13)10-18(2,17(24)27)28-16-9-15(19(21,22)23)25-11-26-16/h5-9,11-12H,3-4,10H2,1-2H3,(H2,24,27). The third-order valence-corrected chi connectivity index (χ3v) is 4.36. The third-order valence-electron chi connectivity index (χ3n) is 4.36. The Morgan fingerprint density at radius 3 is 2.43 bits per heavy atom. The van der Waals surface area contributed by atoms with Crippen LogP contribution in [-0.2, 0) is 17.4 Å². The van der Waals surface area contributed by atoms with Crippen LogP contribution in [0.15, 0.2) is 36.7 Å². The minimum atomic E-state index is -4.66. The van der Waals surface area contributed by atoms with E-state index in [1.165, 1.54) is 19.1 Å². The summed E-state index contributed by atoms with van der Waals surface area (Å²) in [6.45, 7) is 3.29. The van der Waals surface area contributed by atoms with Gasteiger partial charge >= 0.3 is 6.18 Å². The molecule has 0 fully saturated rings. The molecule has 1 amide bonds. The second-order valence-corrected chi connectivity index (χ2v) is 6.91. The van der Waals surface area contributed by atoms with Gasteiger partial charge in [-0.05, 0) is 49.8 Å². The number of rotatable bonds is 8. The lowest BCUT2D eigenvalue weighted by Gasteiger charge is -2.29. The molecule has 1 aromatic heterocycles. The van der Waals surface area contributed by atoms with Gasteiger partial charge in [0.25, 0.3) is 5.91 Å². The summed E-state index contributed by atoms with van der Waals surface area (Å²) < 4.78 is 56.8. The Labute approximate surface area is 159 Å². The van der Waals surface area contributed by atoms with E-state index in [4.69, 9.17) is 10.5 Å². The Morgan fingerprint density at radius 2 is 1.86 bits per heavy atom. The highest BCUT2D eigenvalue weighted by Crippen LogP contribution is 2.31. The topological polar surface area (TPSA) is 78.1 Å². The number of hydrogen-bond acceptors (Lipinski definition) is 4. The third kappa shape index (κ3) is 5.90. The first-order chi connectivity index (χ1) is 13.0. The maximum atomic E-state index is 13.0. The minimum absolute atomic E-state index is 0.0496. The van der Waals surface area contributed by atoms with E-state index >= 15 is 0 Å². The van der Waals surface area contributed by atoms with Gasteiger partial charge in [-0.1, -0.05) is 19.1 Å². The number of primary amides is 1. The number of carbonyl (C=O) groups is 1. The molecule has 0 aliphatic carbocycles. The van der Waals surface area contributed by atoms with Gasteiger partial charge in [0, 0.05) is 6.07 Å². The Hall–Kier alpha value is -2.71. The molecule has 0 aliphatic rings. The van der Waals surface area contributed by atoms with Gasteiger partial charge in [-0.2, -0.15) is 13.2 Å². The molecule has 0 radical (unpaired) electrons. The molecule has 0 aliphatic heterocycles. The number of aromatic nitrogens is 2. The van der Waals surface area contributed by atoms with Gasteiger partial charge in [-0.15, -0.1) is 0 Å². The first-order valence-electron chi connectivity index (χ1n) is 8.62. The maximum absolute atomic E-state index is 13.0. The highest BCUT2D eigenvalue weighted by Gasteiger charge is 2.37. The molecule has 0 spiro atoms. The summed E-state index contributed by atoms with van der Waals surface area (Å²) in [4.78, 5) is 18.8. The van der Waals surface area contributed by atoms with Crippen LogP contribution in [0.4, 0.5) is 17.6 Å². The number of ether oxygens (including phenoxy) is 1. The Bertz CT molecular complexity index is 812. The van der Waals surface area contributed by atoms with Crippen molar-refractivity contribution in [3.63, 3.8) is 0 Å². The molecule has 1 heterocycles. The quantitative estimate of drug-likeness (QED) is 0.683. The minimum Gasteiger partial charge on any atom is -0.461 e. The van der Waals surface area contributed by atoms with Crippen molar-refractivity contribution < 1.29 is 27.1 Å². The summed E-state index contributed by atoms with van der Waals surface area (Å²) in [5.74, 6) is -1.57. The zero-order valence-corrected chi connectivity index (χ0v) is 15.5. The van der Waals surface area contributed by atoms with E-state index in [0.29, 0.717) is 18.9 Å².